The van der Waals surface area contributed by atoms with E-state index in [2.05, 4.69) is 104 Å². The Balaban J connectivity index is 1.64. The molecule has 0 saturated heterocycles. The largest absolute Gasteiger partial charge is 0.350 e. The lowest BCUT2D eigenvalue weighted by Gasteiger charge is -2.31. The zero-order valence-electron chi connectivity index (χ0n) is 20.7. The maximum Gasteiger partial charge on any atom is 0.116 e. The van der Waals surface area contributed by atoms with Crippen molar-refractivity contribution >= 4 is 10.8 Å². The summed E-state index contributed by atoms with van der Waals surface area (Å²) in [5.74, 6) is 1.50. The third-order valence-electron chi connectivity index (χ3n) is 9.06. The van der Waals surface area contributed by atoms with Gasteiger partial charge in [0, 0.05) is 0 Å². The Hall–Kier alpha value is -1.90. The van der Waals surface area contributed by atoms with E-state index >= 15 is 0 Å². The van der Waals surface area contributed by atoms with Gasteiger partial charge in [-0.2, -0.15) is 0 Å². The van der Waals surface area contributed by atoms with E-state index in [9.17, 15) is 0 Å². The second kappa shape index (κ2) is 5.96. The zero-order valence-corrected chi connectivity index (χ0v) is 20.7. The van der Waals surface area contributed by atoms with Crippen molar-refractivity contribution in [1.82, 2.24) is 0 Å². The maximum absolute atomic E-state index is 6.94. The number of rotatable bonds is 4. The lowest BCUT2D eigenvalue weighted by molar-refractivity contribution is -0.115. The Labute approximate surface area is 192 Å². The zero-order chi connectivity index (χ0) is 22.8. The van der Waals surface area contributed by atoms with Crippen LogP contribution in [0.1, 0.15) is 77.6 Å². The molecule has 0 spiro atoms. The van der Waals surface area contributed by atoms with E-state index in [1.807, 2.05) is 0 Å². The second-order valence-electron chi connectivity index (χ2n) is 11.8. The molecule has 0 fully saturated rings. The SMILES string of the molecule is CC(C)C12C=CC(C(C)C)(O1)c1cc3cc4c(cc3cc12)C1(C(C)C)C=CC4(C(C)C)O1. The minimum absolute atomic E-state index is 0.322. The van der Waals surface area contributed by atoms with Gasteiger partial charge in [-0.1, -0.05) is 55.4 Å². The summed E-state index contributed by atoms with van der Waals surface area (Å²) in [5, 5.41) is 2.60. The fourth-order valence-corrected chi connectivity index (χ4v) is 6.90. The topological polar surface area (TPSA) is 18.5 Å². The molecule has 4 aliphatic heterocycles. The number of ether oxygens (including phenoxy) is 2. The van der Waals surface area contributed by atoms with Crippen molar-refractivity contribution in [3.8, 4) is 0 Å². The van der Waals surface area contributed by atoms with Crippen molar-refractivity contribution < 1.29 is 9.47 Å². The molecule has 0 aliphatic carbocycles. The van der Waals surface area contributed by atoms with Crippen LogP contribution in [-0.2, 0) is 31.9 Å². The van der Waals surface area contributed by atoms with Gasteiger partial charge in [-0.05, 0) is 105 Å². The summed E-state index contributed by atoms with van der Waals surface area (Å²) < 4.78 is 13.9. The molecule has 0 radical (unpaired) electrons. The molecule has 2 nitrogen and oxygen atoms in total. The lowest BCUT2D eigenvalue weighted by Crippen LogP contribution is -2.31. The van der Waals surface area contributed by atoms with E-state index in [1.165, 1.54) is 33.0 Å². The van der Waals surface area contributed by atoms with E-state index in [0.29, 0.717) is 23.7 Å². The predicted molar refractivity (Wildman–Crippen MR) is 130 cm³/mol. The summed E-state index contributed by atoms with van der Waals surface area (Å²) in [6.07, 6.45) is 9.32. The Morgan fingerprint density at radius 3 is 0.844 bits per heavy atom. The Bertz CT molecular complexity index is 1030. The molecule has 0 saturated carbocycles. The molecule has 4 atom stereocenters. The predicted octanol–water partition coefficient (Wildman–Crippen LogP) is 7.45. The van der Waals surface area contributed by atoms with Crippen LogP contribution in [0, 0.1) is 23.7 Å². The van der Waals surface area contributed by atoms with Gasteiger partial charge in [0.15, 0.2) is 0 Å². The first-order valence-electron chi connectivity index (χ1n) is 12.5. The molecule has 6 rings (SSSR count). The minimum Gasteiger partial charge on any atom is -0.350 e. The van der Waals surface area contributed by atoms with Crippen LogP contribution in [0.15, 0.2) is 48.6 Å². The highest BCUT2D eigenvalue weighted by atomic mass is 16.5. The number of hydrogen-bond donors (Lipinski definition) is 0. The van der Waals surface area contributed by atoms with Crippen molar-refractivity contribution in [2.45, 2.75) is 77.8 Å². The van der Waals surface area contributed by atoms with Crippen LogP contribution in [0.5, 0.6) is 0 Å². The molecule has 4 aliphatic rings. The molecule has 4 heterocycles. The number of hydrogen-bond acceptors (Lipinski definition) is 2. The first-order chi connectivity index (χ1) is 15.0. The fraction of sp³-hybridized carbons (Fsp3) is 0.533. The Morgan fingerprint density at radius 1 is 0.438 bits per heavy atom. The van der Waals surface area contributed by atoms with Crippen molar-refractivity contribution in [1.29, 1.82) is 0 Å². The summed E-state index contributed by atoms with van der Waals surface area (Å²) in [7, 11) is 0. The van der Waals surface area contributed by atoms with Crippen molar-refractivity contribution in [3.05, 3.63) is 70.8 Å². The Morgan fingerprint density at radius 2 is 0.656 bits per heavy atom. The Kier molecular flexibility index (Phi) is 3.85. The highest BCUT2D eigenvalue weighted by Crippen LogP contribution is 2.63. The van der Waals surface area contributed by atoms with Crippen LogP contribution in [0.3, 0.4) is 0 Å². The van der Waals surface area contributed by atoms with Crippen LogP contribution in [0.25, 0.3) is 10.8 Å². The summed E-state index contributed by atoms with van der Waals surface area (Å²) >= 11 is 0. The molecule has 32 heavy (non-hydrogen) atoms. The quantitative estimate of drug-likeness (QED) is 0.471. The van der Waals surface area contributed by atoms with E-state index in [1.54, 1.807) is 0 Å². The van der Waals surface area contributed by atoms with Gasteiger partial charge in [-0.3, -0.25) is 0 Å². The van der Waals surface area contributed by atoms with Gasteiger partial charge in [0.2, 0.25) is 0 Å². The van der Waals surface area contributed by atoms with Crippen LogP contribution >= 0.6 is 0 Å². The molecule has 2 aromatic rings. The molecular formula is C30H36O2. The average molecular weight is 429 g/mol. The van der Waals surface area contributed by atoms with Crippen LogP contribution < -0.4 is 0 Å². The van der Waals surface area contributed by atoms with Gasteiger partial charge in [-0.25, -0.2) is 0 Å². The smallest absolute Gasteiger partial charge is 0.116 e. The first-order valence-corrected chi connectivity index (χ1v) is 12.5. The first kappa shape index (κ1) is 20.7. The fourth-order valence-electron chi connectivity index (χ4n) is 6.90. The van der Waals surface area contributed by atoms with Crippen molar-refractivity contribution in [2.24, 2.45) is 23.7 Å². The van der Waals surface area contributed by atoms with Gasteiger partial charge in [0.25, 0.3) is 0 Å². The van der Waals surface area contributed by atoms with Crippen LogP contribution in [0.4, 0.5) is 0 Å². The summed E-state index contributed by atoms with van der Waals surface area (Å²) in [4.78, 5) is 0. The maximum atomic E-state index is 6.94. The van der Waals surface area contributed by atoms with E-state index in [4.69, 9.17) is 9.47 Å². The van der Waals surface area contributed by atoms with E-state index in [-0.39, 0.29) is 22.4 Å². The molecule has 0 amide bonds. The monoisotopic (exact) mass is 428 g/mol. The van der Waals surface area contributed by atoms with Gasteiger partial charge >= 0.3 is 0 Å². The molecule has 0 aromatic heterocycles. The van der Waals surface area contributed by atoms with Crippen molar-refractivity contribution in [2.75, 3.05) is 0 Å². The molecule has 4 unspecified atom stereocenters. The van der Waals surface area contributed by atoms with Crippen LogP contribution in [-0.4, -0.2) is 0 Å². The molecule has 168 valence electrons. The normalized spacial score (nSPS) is 36.0. The van der Waals surface area contributed by atoms with Crippen LogP contribution in [0.2, 0.25) is 0 Å². The second-order valence-corrected chi connectivity index (χ2v) is 11.8. The van der Waals surface area contributed by atoms with Gasteiger partial charge in [0.05, 0.1) is 0 Å². The highest BCUT2D eigenvalue weighted by Gasteiger charge is 2.60. The van der Waals surface area contributed by atoms with Gasteiger partial charge < -0.3 is 9.47 Å². The minimum atomic E-state index is -0.322. The molecule has 4 bridgehead atoms. The highest BCUT2D eigenvalue weighted by molar-refractivity contribution is 5.88. The molecule has 0 N–H and O–H groups in total. The molecule has 2 heteroatoms. The standard InChI is InChI=1S/C30H36O2/c1-17(2)27-9-10-28(31-27,18(3)4)24-14-22-16-26-25(15-21(22)13-23(24)27)29(19(5)6)11-12-30(26,32-29)20(7)8/h9-20H,1-8H3. The van der Waals surface area contributed by atoms with E-state index < -0.39 is 0 Å². The van der Waals surface area contributed by atoms with Gasteiger partial charge in [0.1, 0.15) is 22.4 Å². The summed E-state index contributed by atoms with van der Waals surface area (Å²) in [6.45, 7) is 18.2. The average Bonchev–Trinajstić information content (AvgIpc) is 3.47. The van der Waals surface area contributed by atoms with Gasteiger partial charge in [-0.15, -0.1) is 0 Å². The molecular weight excluding hydrogens is 392 g/mol. The number of fused-ring (bicyclic) bond motifs is 11. The summed E-state index contributed by atoms with van der Waals surface area (Å²) in [6, 6.07) is 9.68. The van der Waals surface area contributed by atoms with Crippen molar-refractivity contribution in [3.63, 3.8) is 0 Å². The third-order valence-corrected chi connectivity index (χ3v) is 9.06. The molecule has 2 aromatic carbocycles. The number of benzene rings is 2. The van der Waals surface area contributed by atoms with E-state index in [0.717, 1.165) is 0 Å². The lowest BCUT2D eigenvalue weighted by atomic mass is 9.71. The third kappa shape index (κ3) is 2.06. The summed E-state index contributed by atoms with van der Waals surface area (Å²) in [5.41, 5.74) is 4.13.